The van der Waals surface area contributed by atoms with Gasteiger partial charge in [0.1, 0.15) is 6.33 Å². The van der Waals surface area contributed by atoms with E-state index in [1.54, 1.807) is 36.3 Å². The number of thiophene rings is 1. The Morgan fingerprint density at radius 1 is 1.00 bits per heavy atom. The Hall–Kier alpha value is -4.38. The van der Waals surface area contributed by atoms with Crippen molar-refractivity contribution in [3.63, 3.8) is 0 Å². The molecule has 1 amide bonds. The molecule has 0 unspecified atom stereocenters. The van der Waals surface area contributed by atoms with Gasteiger partial charge in [0.2, 0.25) is 11.9 Å². The quantitative estimate of drug-likeness (QED) is 0.358. The number of carbonyl (C=O) groups excluding carboxylic acids is 1. The van der Waals surface area contributed by atoms with Gasteiger partial charge in [-0.05, 0) is 35.7 Å². The summed E-state index contributed by atoms with van der Waals surface area (Å²) >= 11 is 1.59. The van der Waals surface area contributed by atoms with Crippen molar-refractivity contribution in [3.05, 3.63) is 66.0 Å². The number of imidazole rings is 1. The van der Waals surface area contributed by atoms with Gasteiger partial charge in [0.25, 0.3) is 0 Å². The molecule has 0 aliphatic carbocycles. The van der Waals surface area contributed by atoms with Crippen molar-refractivity contribution >= 4 is 57.4 Å². The minimum atomic E-state index is -0.123. The molecule has 1 aromatic carbocycles. The summed E-state index contributed by atoms with van der Waals surface area (Å²) in [5, 5.41) is 13.2. The van der Waals surface area contributed by atoms with E-state index in [2.05, 4.69) is 40.9 Å². The number of carbonyl (C=O) groups is 1. The van der Waals surface area contributed by atoms with Gasteiger partial charge in [-0.15, -0.1) is 0 Å². The van der Waals surface area contributed by atoms with Crippen molar-refractivity contribution in [1.29, 1.82) is 0 Å². The standard InChI is InChI=1S/C21H17N9OS/c1-13(31)25-14-2-4-15(5-3-14)26-19-18-20(30(12-24-18)16-6-9-32-11-16)29-21(28-19)27-17-10-22-7-8-23-17/h2-12H,1H3,(H,25,31)(H2,23,26,27,28,29). The molecule has 0 bridgehead atoms. The summed E-state index contributed by atoms with van der Waals surface area (Å²) in [7, 11) is 0. The van der Waals surface area contributed by atoms with Crippen molar-refractivity contribution in [1.82, 2.24) is 29.5 Å². The van der Waals surface area contributed by atoms with Crippen LogP contribution in [0.1, 0.15) is 6.92 Å². The lowest BCUT2D eigenvalue weighted by Gasteiger charge is -2.11. The highest BCUT2D eigenvalue weighted by atomic mass is 32.1. The monoisotopic (exact) mass is 443 g/mol. The number of benzene rings is 1. The van der Waals surface area contributed by atoms with Gasteiger partial charge in [-0.1, -0.05) is 0 Å². The van der Waals surface area contributed by atoms with Crippen LogP contribution >= 0.6 is 11.3 Å². The maximum absolute atomic E-state index is 11.3. The fraction of sp³-hybridized carbons (Fsp3) is 0.0476. The summed E-state index contributed by atoms with van der Waals surface area (Å²) < 4.78 is 1.90. The second-order valence-electron chi connectivity index (χ2n) is 6.76. The Bertz CT molecular complexity index is 1370. The minimum Gasteiger partial charge on any atom is -0.338 e. The molecule has 4 heterocycles. The summed E-state index contributed by atoms with van der Waals surface area (Å²) in [6, 6.07) is 9.32. The predicted molar refractivity (Wildman–Crippen MR) is 124 cm³/mol. The van der Waals surface area contributed by atoms with Crippen LogP contribution in [0.2, 0.25) is 0 Å². The number of amides is 1. The number of nitrogens with zero attached hydrogens (tertiary/aromatic N) is 6. The summed E-state index contributed by atoms with van der Waals surface area (Å²) in [6.45, 7) is 1.47. The van der Waals surface area contributed by atoms with Crippen molar-refractivity contribution in [2.75, 3.05) is 16.0 Å². The lowest BCUT2D eigenvalue weighted by Crippen LogP contribution is -2.06. The van der Waals surface area contributed by atoms with Gasteiger partial charge in [-0.3, -0.25) is 14.3 Å². The average molecular weight is 443 g/mol. The van der Waals surface area contributed by atoms with Crippen LogP contribution in [0.5, 0.6) is 0 Å². The van der Waals surface area contributed by atoms with E-state index in [9.17, 15) is 4.79 Å². The Morgan fingerprint density at radius 2 is 1.84 bits per heavy atom. The average Bonchev–Trinajstić information content (AvgIpc) is 3.45. The third kappa shape index (κ3) is 4.09. The molecule has 0 spiro atoms. The Kier molecular flexibility index (Phi) is 5.14. The Morgan fingerprint density at radius 3 is 2.56 bits per heavy atom. The predicted octanol–water partition coefficient (Wildman–Crippen LogP) is 4.11. The molecule has 158 valence electrons. The van der Waals surface area contributed by atoms with Crippen LogP contribution < -0.4 is 16.0 Å². The highest BCUT2D eigenvalue weighted by Crippen LogP contribution is 2.28. The lowest BCUT2D eigenvalue weighted by molar-refractivity contribution is -0.114. The zero-order valence-corrected chi connectivity index (χ0v) is 17.7. The number of hydrogen-bond acceptors (Lipinski definition) is 9. The van der Waals surface area contributed by atoms with Crippen LogP contribution in [0.4, 0.5) is 29.0 Å². The van der Waals surface area contributed by atoms with E-state index < -0.39 is 0 Å². The van der Waals surface area contributed by atoms with E-state index in [1.165, 1.54) is 6.92 Å². The molecule has 0 saturated heterocycles. The summed E-state index contributed by atoms with van der Waals surface area (Å²) in [5.41, 5.74) is 3.72. The first-order valence-electron chi connectivity index (χ1n) is 9.61. The van der Waals surface area contributed by atoms with Crippen molar-refractivity contribution in [2.24, 2.45) is 0 Å². The fourth-order valence-electron chi connectivity index (χ4n) is 3.08. The molecule has 0 aliphatic heterocycles. The van der Waals surface area contributed by atoms with Gasteiger partial charge in [0.05, 0.1) is 11.9 Å². The third-order valence-corrected chi connectivity index (χ3v) is 5.12. The van der Waals surface area contributed by atoms with Gasteiger partial charge in [0, 0.05) is 36.1 Å². The highest BCUT2D eigenvalue weighted by molar-refractivity contribution is 7.08. The molecule has 0 radical (unpaired) electrons. The highest BCUT2D eigenvalue weighted by Gasteiger charge is 2.15. The van der Waals surface area contributed by atoms with Crippen LogP contribution in [-0.4, -0.2) is 35.4 Å². The number of aromatic nitrogens is 6. The van der Waals surface area contributed by atoms with E-state index in [4.69, 9.17) is 0 Å². The van der Waals surface area contributed by atoms with Crippen LogP contribution in [0.3, 0.4) is 0 Å². The number of nitrogens with one attached hydrogen (secondary N) is 3. The molecular formula is C21H17N9OS. The number of rotatable bonds is 6. The molecule has 0 fully saturated rings. The zero-order valence-electron chi connectivity index (χ0n) is 16.9. The number of hydrogen-bond donors (Lipinski definition) is 3. The molecule has 11 heteroatoms. The minimum absolute atomic E-state index is 0.123. The lowest BCUT2D eigenvalue weighted by atomic mass is 10.2. The van der Waals surface area contributed by atoms with E-state index in [0.717, 1.165) is 11.4 Å². The van der Waals surface area contributed by atoms with Gasteiger partial charge in [-0.25, -0.2) is 9.97 Å². The van der Waals surface area contributed by atoms with Crippen LogP contribution in [0.25, 0.3) is 16.9 Å². The number of fused-ring (bicyclic) bond motifs is 1. The molecule has 32 heavy (non-hydrogen) atoms. The maximum Gasteiger partial charge on any atom is 0.232 e. The topological polar surface area (TPSA) is 123 Å². The zero-order chi connectivity index (χ0) is 21.9. The fourth-order valence-corrected chi connectivity index (χ4v) is 3.71. The summed E-state index contributed by atoms with van der Waals surface area (Å²) in [4.78, 5) is 33.4. The molecule has 0 aliphatic rings. The van der Waals surface area contributed by atoms with Crippen LogP contribution in [0.15, 0.2) is 66.0 Å². The third-order valence-electron chi connectivity index (χ3n) is 4.45. The van der Waals surface area contributed by atoms with Crippen molar-refractivity contribution in [2.45, 2.75) is 6.92 Å². The smallest absolute Gasteiger partial charge is 0.232 e. The molecule has 5 aromatic rings. The summed E-state index contributed by atoms with van der Waals surface area (Å²) in [6.07, 6.45) is 6.50. The van der Waals surface area contributed by atoms with E-state index in [-0.39, 0.29) is 5.91 Å². The van der Waals surface area contributed by atoms with Crippen molar-refractivity contribution in [3.8, 4) is 5.69 Å². The Labute approximate surface area is 186 Å². The number of anilines is 5. The van der Waals surface area contributed by atoms with E-state index in [1.807, 2.05) is 45.7 Å². The SMILES string of the molecule is CC(=O)Nc1ccc(Nc2nc(Nc3cnccn3)nc3c2ncn3-c2ccsc2)cc1. The molecule has 10 nitrogen and oxygen atoms in total. The van der Waals surface area contributed by atoms with Gasteiger partial charge >= 0.3 is 0 Å². The Balaban J connectivity index is 1.55. The summed E-state index contributed by atoms with van der Waals surface area (Å²) in [5.74, 6) is 1.29. The molecule has 0 saturated carbocycles. The molecule has 0 atom stereocenters. The first-order chi connectivity index (χ1) is 15.7. The van der Waals surface area contributed by atoms with Gasteiger partial charge < -0.3 is 16.0 Å². The van der Waals surface area contributed by atoms with E-state index in [0.29, 0.717) is 34.4 Å². The van der Waals surface area contributed by atoms with Crippen LogP contribution in [-0.2, 0) is 4.79 Å². The van der Waals surface area contributed by atoms with E-state index >= 15 is 0 Å². The first kappa shape index (κ1) is 19.6. The first-order valence-corrected chi connectivity index (χ1v) is 10.6. The second kappa shape index (κ2) is 8.40. The normalized spacial score (nSPS) is 10.8. The van der Waals surface area contributed by atoms with Crippen molar-refractivity contribution < 1.29 is 4.79 Å². The molecule has 3 N–H and O–H groups in total. The van der Waals surface area contributed by atoms with Crippen LogP contribution in [0, 0.1) is 0 Å². The van der Waals surface area contributed by atoms with Gasteiger partial charge in [0.15, 0.2) is 22.8 Å². The molecule has 5 rings (SSSR count). The molecular weight excluding hydrogens is 426 g/mol. The van der Waals surface area contributed by atoms with Gasteiger partial charge in [-0.2, -0.15) is 21.3 Å². The second-order valence-corrected chi connectivity index (χ2v) is 7.54. The largest absolute Gasteiger partial charge is 0.338 e. The maximum atomic E-state index is 11.3. The molecule has 4 aromatic heterocycles.